The van der Waals surface area contributed by atoms with Crippen molar-refractivity contribution in [2.45, 2.75) is 26.3 Å². The van der Waals surface area contributed by atoms with Crippen molar-refractivity contribution in [2.24, 2.45) is 4.99 Å². The van der Waals surface area contributed by atoms with Gasteiger partial charge in [0, 0.05) is 25.7 Å². The van der Waals surface area contributed by atoms with Crippen LogP contribution in [0.2, 0.25) is 0 Å². The molecule has 0 bridgehead atoms. The van der Waals surface area contributed by atoms with Crippen LogP contribution in [0.5, 0.6) is 0 Å². The summed E-state index contributed by atoms with van der Waals surface area (Å²) in [4.78, 5) is 11.1. The van der Waals surface area contributed by atoms with E-state index in [1.165, 1.54) is 12.8 Å². The van der Waals surface area contributed by atoms with Gasteiger partial charge in [0.25, 0.3) is 0 Å². The van der Waals surface area contributed by atoms with Crippen molar-refractivity contribution >= 4 is 5.96 Å². The standard InChI is InChI=1S/C19H29N5O/c1-4-5-12-24(3)13-11-21-19(20-2)22-14-17-15-25-18(23-17)16-9-7-6-8-10-16/h6-10,15H,4-5,11-14H2,1-3H3,(H2,20,21,22). The molecule has 0 fully saturated rings. The molecule has 1 aromatic carbocycles. The molecule has 0 unspecified atom stereocenters. The van der Waals surface area contributed by atoms with Gasteiger partial charge < -0.3 is 20.0 Å². The lowest BCUT2D eigenvalue weighted by Gasteiger charge is -2.17. The summed E-state index contributed by atoms with van der Waals surface area (Å²) in [6.45, 7) is 5.76. The van der Waals surface area contributed by atoms with E-state index in [1.807, 2.05) is 30.3 Å². The Morgan fingerprint density at radius 1 is 1.20 bits per heavy atom. The molecule has 0 radical (unpaired) electrons. The van der Waals surface area contributed by atoms with E-state index in [1.54, 1.807) is 13.3 Å². The molecular formula is C19H29N5O. The lowest BCUT2D eigenvalue weighted by atomic mass is 10.2. The largest absolute Gasteiger partial charge is 0.444 e. The van der Waals surface area contributed by atoms with Gasteiger partial charge in [-0.1, -0.05) is 31.5 Å². The van der Waals surface area contributed by atoms with E-state index in [0.29, 0.717) is 12.4 Å². The number of benzene rings is 1. The zero-order valence-electron chi connectivity index (χ0n) is 15.5. The van der Waals surface area contributed by atoms with E-state index < -0.39 is 0 Å². The summed E-state index contributed by atoms with van der Waals surface area (Å²) in [5, 5.41) is 6.59. The molecule has 25 heavy (non-hydrogen) atoms. The van der Waals surface area contributed by atoms with Crippen LogP contribution in [0.25, 0.3) is 11.5 Å². The van der Waals surface area contributed by atoms with Gasteiger partial charge in [0.15, 0.2) is 5.96 Å². The maximum atomic E-state index is 5.55. The third kappa shape index (κ3) is 6.58. The summed E-state index contributed by atoms with van der Waals surface area (Å²) in [6.07, 6.45) is 4.14. The molecule has 0 saturated heterocycles. The second-order valence-electron chi connectivity index (χ2n) is 6.02. The van der Waals surface area contributed by atoms with E-state index in [-0.39, 0.29) is 0 Å². The highest BCUT2D eigenvalue weighted by Gasteiger charge is 2.07. The fourth-order valence-corrected chi connectivity index (χ4v) is 2.40. The molecule has 2 N–H and O–H groups in total. The van der Waals surface area contributed by atoms with Gasteiger partial charge in [0.2, 0.25) is 5.89 Å². The molecule has 6 nitrogen and oxygen atoms in total. The predicted octanol–water partition coefficient (Wildman–Crippen LogP) is 2.74. The summed E-state index contributed by atoms with van der Waals surface area (Å²) in [6, 6.07) is 9.89. The highest BCUT2D eigenvalue weighted by molar-refractivity contribution is 5.79. The number of nitrogens with zero attached hydrogens (tertiary/aromatic N) is 3. The number of nitrogens with one attached hydrogen (secondary N) is 2. The average Bonchev–Trinajstić information content (AvgIpc) is 3.12. The minimum Gasteiger partial charge on any atom is -0.444 e. The zero-order valence-corrected chi connectivity index (χ0v) is 15.5. The molecule has 0 saturated carbocycles. The number of rotatable bonds is 9. The quantitative estimate of drug-likeness (QED) is 0.541. The third-order valence-electron chi connectivity index (χ3n) is 3.91. The normalized spacial score (nSPS) is 11.8. The van der Waals surface area contributed by atoms with Gasteiger partial charge in [-0.3, -0.25) is 4.99 Å². The molecule has 136 valence electrons. The Kier molecular flexibility index (Phi) is 7.98. The van der Waals surface area contributed by atoms with Gasteiger partial charge in [-0.2, -0.15) is 0 Å². The fourth-order valence-electron chi connectivity index (χ4n) is 2.40. The monoisotopic (exact) mass is 343 g/mol. The summed E-state index contributed by atoms with van der Waals surface area (Å²) in [7, 11) is 3.92. The van der Waals surface area contributed by atoms with Crippen molar-refractivity contribution in [1.82, 2.24) is 20.5 Å². The molecule has 1 aromatic heterocycles. The SMILES string of the molecule is CCCCN(C)CCNC(=NC)NCc1coc(-c2ccccc2)n1. The molecule has 0 spiro atoms. The van der Waals surface area contributed by atoms with Crippen LogP contribution >= 0.6 is 0 Å². The lowest BCUT2D eigenvalue weighted by Crippen LogP contribution is -2.40. The van der Waals surface area contributed by atoms with E-state index >= 15 is 0 Å². The van der Waals surface area contributed by atoms with Crippen molar-refractivity contribution in [3.8, 4) is 11.5 Å². The van der Waals surface area contributed by atoms with Crippen molar-refractivity contribution in [1.29, 1.82) is 0 Å². The molecule has 0 aliphatic heterocycles. The van der Waals surface area contributed by atoms with Crippen LogP contribution in [0.1, 0.15) is 25.5 Å². The highest BCUT2D eigenvalue weighted by Crippen LogP contribution is 2.17. The summed E-state index contributed by atoms with van der Waals surface area (Å²) in [5.41, 5.74) is 1.83. The molecule has 2 rings (SSSR count). The Balaban J connectivity index is 1.75. The van der Waals surface area contributed by atoms with Gasteiger partial charge in [-0.25, -0.2) is 4.98 Å². The van der Waals surface area contributed by atoms with Gasteiger partial charge in [-0.15, -0.1) is 0 Å². The number of guanidine groups is 1. The average molecular weight is 343 g/mol. The first-order valence-electron chi connectivity index (χ1n) is 8.85. The predicted molar refractivity (Wildman–Crippen MR) is 103 cm³/mol. The van der Waals surface area contributed by atoms with Crippen LogP contribution in [0.3, 0.4) is 0 Å². The van der Waals surface area contributed by atoms with Gasteiger partial charge in [-0.05, 0) is 32.1 Å². The molecule has 2 aromatic rings. The smallest absolute Gasteiger partial charge is 0.226 e. The first kappa shape index (κ1) is 19.0. The van der Waals surface area contributed by atoms with E-state index in [9.17, 15) is 0 Å². The topological polar surface area (TPSA) is 65.7 Å². The molecular weight excluding hydrogens is 314 g/mol. The number of hydrogen-bond acceptors (Lipinski definition) is 4. The minimum atomic E-state index is 0.571. The Bertz CT molecular complexity index is 638. The number of likely N-dealkylation sites (N-methyl/N-ethyl adjacent to an activating group) is 1. The Hall–Kier alpha value is -2.34. The van der Waals surface area contributed by atoms with Crippen molar-refractivity contribution in [3.05, 3.63) is 42.3 Å². The van der Waals surface area contributed by atoms with Gasteiger partial charge in [0.1, 0.15) is 6.26 Å². The van der Waals surface area contributed by atoms with Crippen LogP contribution < -0.4 is 10.6 Å². The van der Waals surface area contributed by atoms with E-state index in [0.717, 1.165) is 36.9 Å². The molecule has 0 atom stereocenters. The molecule has 6 heteroatoms. The van der Waals surface area contributed by atoms with Crippen LogP contribution in [0, 0.1) is 0 Å². The first-order valence-corrected chi connectivity index (χ1v) is 8.85. The second kappa shape index (κ2) is 10.5. The van der Waals surface area contributed by atoms with Crippen molar-refractivity contribution in [2.75, 3.05) is 33.7 Å². The molecule has 0 aliphatic carbocycles. The highest BCUT2D eigenvalue weighted by atomic mass is 16.3. The van der Waals surface area contributed by atoms with Crippen LogP contribution in [0.15, 0.2) is 46.0 Å². The van der Waals surface area contributed by atoms with Crippen LogP contribution in [-0.4, -0.2) is 49.6 Å². The molecule has 0 aliphatic rings. The molecule has 0 amide bonds. The third-order valence-corrected chi connectivity index (χ3v) is 3.91. The fraction of sp³-hybridized carbons (Fsp3) is 0.474. The number of aliphatic imine (C=N–C) groups is 1. The Morgan fingerprint density at radius 2 is 2.00 bits per heavy atom. The maximum Gasteiger partial charge on any atom is 0.226 e. The molecule has 1 heterocycles. The van der Waals surface area contributed by atoms with Crippen LogP contribution in [-0.2, 0) is 6.54 Å². The van der Waals surface area contributed by atoms with Gasteiger partial charge >= 0.3 is 0 Å². The van der Waals surface area contributed by atoms with Crippen LogP contribution in [0.4, 0.5) is 0 Å². The Morgan fingerprint density at radius 3 is 2.72 bits per heavy atom. The Labute approximate surface area is 150 Å². The number of unbranched alkanes of at least 4 members (excludes halogenated alkanes) is 1. The summed E-state index contributed by atoms with van der Waals surface area (Å²) < 4.78 is 5.55. The van der Waals surface area contributed by atoms with E-state index in [4.69, 9.17) is 4.42 Å². The van der Waals surface area contributed by atoms with Gasteiger partial charge in [0.05, 0.1) is 12.2 Å². The lowest BCUT2D eigenvalue weighted by molar-refractivity contribution is 0.332. The number of aromatic nitrogens is 1. The number of oxazole rings is 1. The number of hydrogen-bond donors (Lipinski definition) is 2. The summed E-state index contributed by atoms with van der Waals surface area (Å²) in [5.74, 6) is 1.41. The van der Waals surface area contributed by atoms with Crippen molar-refractivity contribution in [3.63, 3.8) is 0 Å². The second-order valence-corrected chi connectivity index (χ2v) is 6.02. The maximum absolute atomic E-state index is 5.55. The first-order chi connectivity index (χ1) is 12.2. The van der Waals surface area contributed by atoms with E-state index in [2.05, 4.69) is 39.5 Å². The minimum absolute atomic E-state index is 0.571. The van der Waals surface area contributed by atoms with Crippen molar-refractivity contribution < 1.29 is 4.42 Å². The summed E-state index contributed by atoms with van der Waals surface area (Å²) >= 11 is 0. The zero-order chi connectivity index (χ0) is 17.9.